The molecule has 0 unspecified atom stereocenters. The average molecular weight is 267 g/mol. The summed E-state index contributed by atoms with van der Waals surface area (Å²) >= 11 is 0. The number of benzene rings is 1. The molecule has 0 aromatic heterocycles. The van der Waals surface area contributed by atoms with E-state index in [-0.39, 0.29) is 0 Å². The molecule has 0 atom stereocenters. The van der Waals surface area contributed by atoms with Gasteiger partial charge in [0.1, 0.15) is 5.76 Å². The molecule has 0 saturated heterocycles. The van der Waals surface area contributed by atoms with Crippen LogP contribution in [0.3, 0.4) is 0 Å². The first-order valence-corrected chi connectivity index (χ1v) is 7.69. The van der Waals surface area contributed by atoms with Crippen LogP contribution in [0.25, 0.3) is 0 Å². The average Bonchev–Trinajstić information content (AvgIpc) is 2.28. The van der Waals surface area contributed by atoms with Crippen molar-refractivity contribution in [3.05, 3.63) is 47.7 Å². The molecule has 0 N–H and O–H groups in total. The summed E-state index contributed by atoms with van der Waals surface area (Å²) in [6.07, 6.45) is 3.74. The molecule has 1 aromatic carbocycles. The van der Waals surface area contributed by atoms with Crippen molar-refractivity contribution in [1.82, 2.24) is 4.90 Å². The molecule has 0 amide bonds. The second kappa shape index (κ2) is 5.54. The fourth-order valence-corrected chi connectivity index (χ4v) is 2.51. The third-order valence-electron chi connectivity index (χ3n) is 2.70. The van der Waals surface area contributed by atoms with Crippen LogP contribution in [0.15, 0.2) is 42.2 Å². The van der Waals surface area contributed by atoms with Crippen LogP contribution in [-0.2, 0) is 20.8 Å². The first-order valence-electron chi connectivity index (χ1n) is 5.88. The summed E-state index contributed by atoms with van der Waals surface area (Å²) in [5.41, 5.74) is 1.22. The molecule has 5 heteroatoms. The molecule has 0 aliphatic carbocycles. The van der Waals surface area contributed by atoms with Gasteiger partial charge < -0.3 is 4.18 Å². The van der Waals surface area contributed by atoms with Crippen molar-refractivity contribution >= 4 is 10.1 Å². The van der Waals surface area contributed by atoms with Gasteiger partial charge in [-0.2, -0.15) is 8.42 Å². The van der Waals surface area contributed by atoms with E-state index in [2.05, 4.69) is 17.0 Å². The SMILES string of the molecule is CS(=O)(=O)OC1=CCCN(Cc2ccccc2)C1. The summed E-state index contributed by atoms with van der Waals surface area (Å²) in [6, 6.07) is 10.1. The summed E-state index contributed by atoms with van der Waals surface area (Å²) in [6.45, 7) is 2.28. The Kier molecular flexibility index (Phi) is 4.04. The molecule has 1 aliphatic heterocycles. The van der Waals surface area contributed by atoms with Crippen molar-refractivity contribution < 1.29 is 12.6 Å². The first-order chi connectivity index (χ1) is 8.53. The molecular weight excluding hydrogens is 250 g/mol. The Hall–Kier alpha value is -1.33. The van der Waals surface area contributed by atoms with Crippen molar-refractivity contribution in [2.45, 2.75) is 13.0 Å². The zero-order valence-corrected chi connectivity index (χ0v) is 11.2. The molecule has 2 rings (SSSR count). The zero-order chi connectivity index (χ0) is 13.0. The van der Waals surface area contributed by atoms with Gasteiger partial charge >= 0.3 is 10.1 Å². The quantitative estimate of drug-likeness (QED) is 0.780. The fraction of sp³-hybridized carbons (Fsp3) is 0.385. The van der Waals surface area contributed by atoms with E-state index in [1.807, 2.05) is 24.3 Å². The Morgan fingerprint density at radius 2 is 2.00 bits per heavy atom. The highest BCUT2D eigenvalue weighted by Gasteiger charge is 2.16. The van der Waals surface area contributed by atoms with Gasteiger partial charge in [-0.25, -0.2) is 0 Å². The molecule has 0 radical (unpaired) electrons. The highest BCUT2D eigenvalue weighted by molar-refractivity contribution is 7.86. The van der Waals surface area contributed by atoms with Crippen molar-refractivity contribution in [3.63, 3.8) is 0 Å². The summed E-state index contributed by atoms with van der Waals surface area (Å²) in [5, 5.41) is 0. The van der Waals surface area contributed by atoms with E-state index in [9.17, 15) is 8.42 Å². The van der Waals surface area contributed by atoms with Crippen LogP contribution in [-0.4, -0.2) is 32.7 Å². The predicted octanol–water partition coefficient (Wildman–Crippen LogP) is 1.75. The molecule has 18 heavy (non-hydrogen) atoms. The lowest BCUT2D eigenvalue weighted by molar-refractivity contribution is 0.238. The van der Waals surface area contributed by atoms with E-state index >= 15 is 0 Å². The molecule has 0 saturated carbocycles. The van der Waals surface area contributed by atoms with Crippen LogP contribution in [0.1, 0.15) is 12.0 Å². The molecule has 1 aliphatic rings. The van der Waals surface area contributed by atoms with E-state index in [0.717, 1.165) is 25.8 Å². The summed E-state index contributed by atoms with van der Waals surface area (Å²) in [4.78, 5) is 2.18. The van der Waals surface area contributed by atoms with Gasteiger partial charge in [0.15, 0.2) is 0 Å². The topological polar surface area (TPSA) is 46.6 Å². The van der Waals surface area contributed by atoms with E-state index in [4.69, 9.17) is 4.18 Å². The second-order valence-corrected chi connectivity index (χ2v) is 6.02. The molecule has 0 bridgehead atoms. The third-order valence-corrected chi connectivity index (χ3v) is 3.22. The number of hydrogen-bond donors (Lipinski definition) is 0. The molecule has 1 heterocycles. The van der Waals surface area contributed by atoms with Crippen molar-refractivity contribution in [3.8, 4) is 0 Å². The van der Waals surface area contributed by atoms with Gasteiger partial charge in [0, 0.05) is 13.1 Å². The van der Waals surface area contributed by atoms with Gasteiger partial charge in [0.05, 0.1) is 12.8 Å². The smallest absolute Gasteiger partial charge is 0.305 e. The summed E-state index contributed by atoms with van der Waals surface area (Å²) in [5.74, 6) is 0.527. The normalized spacial score (nSPS) is 17.3. The number of nitrogens with zero attached hydrogens (tertiary/aromatic N) is 1. The third kappa shape index (κ3) is 4.16. The molecule has 4 nitrogen and oxygen atoms in total. The molecule has 98 valence electrons. The van der Waals surface area contributed by atoms with Crippen molar-refractivity contribution in [2.24, 2.45) is 0 Å². The predicted molar refractivity (Wildman–Crippen MR) is 70.3 cm³/mol. The summed E-state index contributed by atoms with van der Waals surface area (Å²) < 4.78 is 27.1. The van der Waals surface area contributed by atoms with Gasteiger partial charge in [-0.15, -0.1) is 0 Å². The van der Waals surface area contributed by atoms with Gasteiger partial charge in [-0.1, -0.05) is 30.3 Å². The Morgan fingerprint density at radius 3 is 2.67 bits per heavy atom. The molecule has 0 spiro atoms. The molecule has 1 aromatic rings. The maximum atomic E-state index is 11.1. The monoisotopic (exact) mass is 267 g/mol. The molecular formula is C13H17NO3S. The lowest BCUT2D eigenvalue weighted by Crippen LogP contribution is -2.30. The van der Waals surface area contributed by atoms with Crippen LogP contribution >= 0.6 is 0 Å². The van der Waals surface area contributed by atoms with Crippen molar-refractivity contribution in [2.75, 3.05) is 19.3 Å². The van der Waals surface area contributed by atoms with E-state index in [0.29, 0.717) is 12.3 Å². The van der Waals surface area contributed by atoms with E-state index < -0.39 is 10.1 Å². The minimum Gasteiger partial charge on any atom is -0.386 e. The minimum absolute atomic E-state index is 0.527. The maximum Gasteiger partial charge on any atom is 0.305 e. The second-order valence-electron chi connectivity index (χ2n) is 4.44. The van der Waals surface area contributed by atoms with Gasteiger partial charge in [-0.05, 0) is 18.1 Å². The van der Waals surface area contributed by atoms with Gasteiger partial charge in [0.2, 0.25) is 0 Å². The van der Waals surface area contributed by atoms with Crippen LogP contribution < -0.4 is 0 Å². The zero-order valence-electron chi connectivity index (χ0n) is 10.4. The Labute approximate surface area is 108 Å². The van der Waals surface area contributed by atoms with Crippen LogP contribution in [0.2, 0.25) is 0 Å². The van der Waals surface area contributed by atoms with Gasteiger partial charge in [-0.3, -0.25) is 4.90 Å². The van der Waals surface area contributed by atoms with Crippen LogP contribution in [0, 0.1) is 0 Å². The largest absolute Gasteiger partial charge is 0.386 e. The number of hydrogen-bond acceptors (Lipinski definition) is 4. The summed E-state index contributed by atoms with van der Waals surface area (Å²) in [7, 11) is -3.41. The highest BCUT2D eigenvalue weighted by Crippen LogP contribution is 2.15. The minimum atomic E-state index is -3.41. The number of rotatable bonds is 4. The lowest BCUT2D eigenvalue weighted by atomic mass is 10.1. The van der Waals surface area contributed by atoms with E-state index in [1.165, 1.54) is 5.56 Å². The maximum absolute atomic E-state index is 11.1. The lowest BCUT2D eigenvalue weighted by Gasteiger charge is -2.26. The molecule has 0 fully saturated rings. The standard InChI is InChI=1S/C13H17NO3S/c1-18(15,16)17-13-8-5-9-14(11-13)10-12-6-3-2-4-7-12/h2-4,6-8H,5,9-11H2,1H3. The van der Waals surface area contributed by atoms with Gasteiger partial charge in [0.25, 0.3) is 0 Å². The Bertz CT molecular complexity index is 522. The van der Waals surface area contributed by atoms with Crippen LogP contribution in [0.5, 0.6) is 0 Å². The van der Waals surface area contributed by atoms with E-state index in [1.54, 1.807) is 0 Å². The highest BCUT2D eigenvalue weighted by atomic mass is 32.2. The van der Waals surface area contributed by atoms with Crippen molar-refractivity contribution in [1.29, 1.82) is 0 Å². The Balaban J connectivity index is 1.96. The Morgan fingerprint density at radius 1 is 1.28 bits per heavy atom. The van der Waals surface area contributed by atoms with Crippen LogP contribution in [0.4, 0.5) is 0 Å². The fourth-order valence-electron chi connectivity index (χ4n) is 2.00. The first kappa shape index (κ1) is 13.1.